The summed E-state index contributed by atoms with van der Waals surface area (Å²) in [6, 6.07) is 4.95. The molecule has 2 N–H and O–H groups in total. The second-order valence-corrected chi connectivity index (χ2v) is 7.90. The van der Waals surface area contributed by atoms with E-state index in [2.05, 4.69) is 15.2 Å². The van der Waals surface area contributed by atoms with Crippen molar-refractivity contribution in [3.8, 4) is 11.5 Å². The first-order valence-corrected chi connectivity index (χ1v) is 10.1. The number of aromatic nitrogens is 1. The van der Waals surface area contributed by atoms with E-state index in [1.165, 1.54) is 6.92 Å². The van der Waals surface area contributed by atoms with E-state index in [1.54, 1.807) is 39.3 Å². The smallest absolute Gasteiger partial charge is 0.245 e. The van der Waals surface area contributed by atoms with E-state index in [0.29, 0.717) is 11.5 Å². The largest absolute Gasteiger partial charge is 0.497 e. The summed E-state index contributed by atoms with van der Waals surface area (Å²) in [6.07, 6.45) is -0.0285. The minimum absolute atomic E-state index is 0.00222. The predicted octanol–water partition coefficient (Wildman–Crippen LogP) is 1.85. The molecule has 0 aliphatic rings. The molecule has 0 bridgehead atoms. The van der Waals surface area contributed by atoms with E-state index >= 15 is 0 Å². The van der Waals surface area contributed by atoms with E-state index in [1.807, 2.05) is 6.92 Å². The van der Waals surface area contributed by atoms with Gasteiger partial charge in [0.1, 0.15) is 22.1 Å². The number of carbonyl (C=O) groups is 1. The van der Waals surface area contributed by atoms with E-state index in [-0.39, 0.29) is 41.3 Å². The van der Waals surface area contributed by atoms with Crippen molar-refractivity contribution in [3.63, 3.8) is 0 Å². The second-order valence-electron chi connectivity index (χ2n) is 6.20. The number of aryl methyl sites for hydroxylation is 2. The minimum Gasteiger partial charge on any atom is -0.497 e. The number of nitrogens with zero attached hydrogens (tertiary/aromatic N) is 1. The second kappa shape index (κ2) is 9.07. The normalized spacial score (nSPS) is 12.5. The van der Waals surface area contributed by atoms with E-state index in [9.17, 15) is 13.2 Å². The van der Waals surface area contributed by atoms with Crippen LogP contribution in [0.25, 0.3) is 0 Å². The molecule has 1 amide bonds. The van der Waals surface area contributed by atoms with Crippen LogP contribution in [0.2, 0.25) is 0 Å². The Balaban J connectivity index is 1.96. The van der Waals surface area contributed by atoms with Crippen molar-refractivity contribution in [3.05, 3.63) is 35.2 Å². The van der Waals surface area contributed by atoms with Crippen LogP contribution in [0.4, 0.5) is 0 Å². The molecule has 0 radical (unpaired) electrons. The first-order chi connectivity index (χ1) is 13.2. The van der Waals surface area contributed by atoms with Crippen LogP contribution in [0.15, 0.2) is 27.6 Å². The fraction of sp³-hybridized carbons (Fsp3) is 0.444. The SMILES string of the molecule is COc1ccc(OC)c([C@H](C)NC(=O)CCNS(=O)(=O)c2c(C)noc2C)c1. The number of carbonyl (C=O) groups excluding carboxylic acids is 1. The molecule has 0 aliphatic heterocycles. The van der Waals surface area contributed by atoms with Crippen molar-refractivity contribution in [2.24, 2.45) is 0 Å². The topological polar surface area (TPSA) is 120 Å². The third-order valence-corrected chi connectivity index (χ3v) is 5.87. The Bertz CT molecular complexity index is 919. The van der Waals surface area contributed by atoms with Crippen LogP contribution in [0.3, 0.4) is 0 Å². The Morgan fingerprint density at radius 2 is 1.96 bits per heavy atom. The summed E-state index contributed by atoms with van der Waals surface area (Å²) >= 11 is 0. The van der Waals surface area contributed by atoms with E-state index in [0.717, 1.165) is 5.56 Å². The summed E-state index contributed by atoms with van der Waals surface area (Å²) in [5.74, 6) is 1.16. The molecule has 0 fully saturated rings. The highest BCUT2D eigenvalue weighted by Gasteiger charge is 2.24. The van der Waals surface area contributed by atoms with Gasteiger partial charge in [-0.15, -0.1) is 0 Å². The van der Waals surface area contributed by atoms with Gasteiger partial charge >= 0.3 is 0 Å². The van der Waals surface area contributed by atoms with Gasteiger partial charge in [-0.3, -0.25) is 4.79 Å². The molecule has 2 aromatic rings. The fourth-order valence-electron chi connectivity index (χ4n) is 2.80. The molecule has 28 heavy (non-hydrogen) atoms. The number of methoxy groups -OCH3 is 2. The van der Waals surface area contributed by atoms with Gasteiger partial charge in [0.2, 0.25) is 15.9 Å². The van der Waals surface area contributed by atoms with Crippen LogP contribution in [0, 0.1) is 13.8 Å². The van der Waals surface area contributed by atoms with E-state index < -0.39 is 10.0 Å². The Morgan fingerprint density at radius 1 is 1.25 bits per heavy atom. The van der Waals surface area contributed by atoms with Crippen molar-refractivity contribution < 1.29 is 27.2 Å². The lowest BCUT2D eigenvalue weighted by molar-refractivity contribution is -0.121. The Hall–Kier alpha value is -2.59. The molecule has 1 heterocycles. The van der Waals surface area contributed by atoms with Gasteiger partial charge < -0.3 is 19.3 Å². The van der Waals surface area contributed by atoms with Crippen LogP contribution < -0.4 is 19.5 Å². The average molecular weight is 411 g/mol. The zero-order valence-electron chi connectivity index (χ0n) is 16.5. The Morgan fingerprint density at radius 3 is 2.54 bits per heavy atom. The summed E-state index contributed by atoms with van der Waals surface area (Å²) in [7, 11) is -0.697. The summed E-state index contributed by atoms with van der Waals surface area (Å²) < 4.78 is 42.5. The van der Waals surface area contributed by atoms with Crippen molar-refractivity contribution in [2.75, 3.05) is 20.8 Å². The molecule has 0 aliphatic carbocycles. The van der Waals surface area contributed by atoms with Crippen LogP contribution in [-0.4, -0.2) is 40.2 Å². The van der Waals surface area contributed by atoms with Gasteiger partial charge in [-0.2, -0.15) is 0 Å². The van der Waals surface area contributed by atoms with Crippen LogP contribution in [-0.2, 0) is 14.8 Å². The van der Waals surface area contributed by atoms with Crippen molar-refractivity contribution in [1.82, 2.24) is 15.2 Å². The zero-order valence-corrected chi connectivity index (χ0v) is 17.3. The molecule has 0 saturated carbocycles. The molecule has 1 atom stereocenters. The van der Waals surface area contributed by atoms with Gasteiger partial charge in [-0.05, 0) is 39.0 Å². The number of amides is 1. The number of hydrogen-bond donors (Lipinski definition) is 2. The first-order valence-electron chi connectivity index (χ1n) is 8.63. The number of hydrogen-bond acceptors (Lipinski definition) is 7. The highest BCUT2D eigenvalue weighted by atomic mass is 32.2. The lowest BCUT2D eigenvalue weighted by atomic mass is 10.1. The lowest BCUT2D eigenvalue weighted by Gasteiger charge is -2.18. The summed E-state index contributed by atoms with van der Waals surface area (Å²) in [6.45, 7) is 4.81. The standard InChI is InChI=1S/C18H25N3O6S/c1-11(15-10-14(25-4)6-7-16(15)26-5)20-17(22)8-9-19-28(23,24)18-12(2)21-27-13(18)3/h6-7,10-11,19H,8-9H2,1-5H3,(H,20,22)/t11-/m0/s1. The van der Waals surface area contributed by atoms with Crippen LogP contribution in [0.1, 0.15) is 36.4 Å². The molecule has 0 saturated heterocycles. The fourth-order valence-corrected chi connectivity index (χ4v) is 4.16. The molecule has 154 valence electrons. The van der Waals surface area contributed by atoms with Gasteiger partial charge in [0.15, 0.2) is 5.76 Å². The lowest BCUT2D eigenvalue weighted by Crippen LogP contribution is -2.32. The molecule has 1 aromatic heterocycles. The Kier molecular flexibility index (Phi) is 7.03. The first kappa shape index (κ1) is 21.7. The number of nitrogens with one attached hydrogen (secondary N) is 2. The molecule has 0 spiro atoms. The van der Waals surface area contributed by atoms with Crippen molar-refractivity contribution in [1.29, 1.82) is 0 Å². The summed E-state index contributed by atoms with van der Waals surface area (Å²) in [5.41, 5.74) is 1.03. The molecule has 0 unspecified atom stereocenters. The number of benzene rings is 1. The summed E-state index contributed by atoms with van der Waals surface area (Å²) in [4.78, 5) is 12.2. The highest BCUT2D eigenvalue weighted by molar-refractivity contribution is 7.89. The summed E-state index contributed by atoms with van der Waals surface area (Å²) in [5, 5.41) is 6.46. The van der Waals surface area contributed by atoms with Gasteiger partial charge in [-0.1, -0.05) is 5.16 Å². The number of ether oxygens (including phenoxy) is 2. The zero-order chi connectivity index (χ0) is 20.9. The van der Waals surface area contributed by atoms with Crippen LogP contribution in [0.5, 0.6) is 11.5 Å². The third-order valence-electron chi connectivity index (χ3n) is 4.16. The van der Waals surface area contributed by atoms with Gasteiger partial charge in [-0.25, -0.2) is 13.1 Å². The molecular formula is C18H25N3O6S. The van der Waals surface area contributed by atoms with Crippen LogP contribution >= 0.6 is 0 Å². The Labute approximate surface area is 164 Å². The minimum atomic E-state index is -3.80. The molecule has 10 heteroatoms. The monoisotopic (exact) mass is 411 g/mol. The molecule has 9 nitrogen and oxygen atoms in total. The highest BCUT2D eigenvalue weighted by Crippen LogP contribution is 2.29. The molecule has 2 rings (SSSR count). The quantitative estimate of drug-likeness (QED) is 0.646. The third kappa shape index (κ3) is 5.02. The van der Waals surface area contributed by atoms with Gasteiger partial charge in [0.25, 0.3) is 0 Å². The van der Waals surface area contributed by atoms with Gasteiger partial charge in [0.05, 0.1) is 20.3 Å². The number of rotatable bonds is 9. The van der Waals surface area contributed by atoms with Gasteiger partial charge in [0, 0.05) is 18.5 Å². The predicted molar refractivity (Wildman–Crippen MR) is 102 cm³/mol. The van der Waals surface area contributed by atoms with E-state index in [4.69, 9.17) is 14.0 Å². The average Bonchev–Trinajstić information content (AvgIpc) is 2.99. The van der Waals surface area contributed by atoms with Crippen molar-refractivity contribution in [2.45, 2.75) is 38.1 Å². The number of sulfonamides is 1. The van der Waals surface area contributed by atoms with Crippen molar-refractivity contribution >= 4 is 15.9 Å². The maximum Gasteiger partial charge on any atom is 0.245 e. The molecular weight excluding hydrogens is 386 g/mol. The molecule has 1 aromatic carbocycles. The maximum absolute atomic E-state index is 12.3. The maximum atomic E-state index is 12.3.